The molecule has 0 amide bonds. The minimum Gasteiger partial charge on any atom is -0.496 e. The minimum atomic E-state index is -0.709. The van der Waals surface area contributed by atoms with E-state index in [2.05, 4.69) is 0 Å². The van der Waals surface area contributed by atoms with Crippen molar-refractivity contribution >= 4 is 5.97 Å². The number of ether oxygens (including phenoxy) is 2. The molecule has 2 aromatic rings. The molecule has 0 aromatic heterocycles. The van der Waals surface area contributed by atoms with Gasteiger partial charge in [0.2, 0.25) is 0 Å². The van der Waals surface area contributed by atoms with Gasteiger partial charge in [0.1, 0.15) is 23.7 Å². The van der Waals surface area contributed by atoms with Gasteiger partial charge >= 0.3 is 5.97 Å². The average Bonchev–Trinajstić information content (AvgIpc) is 2.57. The zero-order chi connectivity index (χ0) is 17.7. The van der Waals surface area contributed by atoms with Gasteiger partial charge in [-0.2, -0.15) is 0 Å². The fourth-order valence-corrected chi connectivity index (χ4v) is 2.66. The van der Waals surface area contributed by atoms with Crippen molar-refractivity contribution in [2.75, 3.05) is 7.11 Å². The smallest absolute Gasteiger partial charge is 0.322 e. The highest BCUT2D eigenvalue weighted by molar-refractivity contribution is 5.75. The van der Waals surface area contributed by atoms with Crippen molar-refractivity contribution in [1.82, 2.24) is 0 Å². The Bertz CT molecular complexity index is 688. The molecule has 2 aromatic carbocycles. The van der Waals surface area contributed by atoms with Crippen molar-refractivity contribution in [1.29, 1.82) is 0 Å². The Kier molecular flexibility index (Phi) is 5.93. The molecule has 0 radical (unpaired) electrons. The van der Waals surface area contributed by atoms with Gasteiger partial charge in [0.05, 0.1) is 7.11 Å². The summed E-state index contributed by atoms with van der Waals surface area (Å²) in [6.07, 6.45) is -0.495. The maximum atomic E-state index is 13.5. The summed E-state index contributed by atoms with van der Waals surface area (Å²) in [4.78, 5) is 11.9. The van der Waals surface area contributed by atoms with Crippen LogP contribution in [-0.2, 0) is 9.53 Å². The van der Waals surface area contributed by atoms with E-state index in [1.54, 1.807) is 19.9 Å². The molecule has 0 fully saturated rings. The van der Waals surface area contributed by atoms with Crippen molar-refractivity contribution in [2.24, 2.45) is 5.73 Å². The van der Waals surface area contributed by atoms with Crippen LogP contribution in [0.5, 0.6) is 5.75 Å². The highest BCUT2D eigenvalue weighted by Gasteiger charge is 2.28. The first-order valence-corrected chi connectivity index (χ1v) is 7.78. The van der Waals surface area contributed by atoms with E-state index in [0.717, 1.165) is 11.1 Å². The molecule has 0 aliphatic heterocycles. The summed E-state index contributed by atoms with van der Waals surface area (Å²) < 4.78 is 24.4. The molecule has 0 aliphatic rings. The van der Waals surface area contributed by atoms with Crippen LogP contribution >= 0.6 is 0 Å². The molecular weight excluding hydrogens is 309 g/mol. The Labute approximate surface area is 141 Å². The SMILES string of the molecule is COc1cc(F)ccc1C(c1ccccc1)[C@H](C)OC(=O)[C@H](C)N. The minimum absolute atomic E-state index is 0.301. The maximum Gasteiger partial charge on any atom is 0.322 e. The molecule has 0 bridgehead atoms. The molecule has 3 atom stereocenters. The van der Waals surface area contributed by atoms with Crippen LogP contribution in [0.15, 0.2) is 48.5 Å². The van der Waals surface area contributed by atoms with Crippen LogP contribution in [0.4, 0.5) is 4.39 Å². The first kappa shape index (κ1) is 17.9. The second kappa shape index (κ2) is 7.93. The number of rotatable bonds is 6. The normalized spacial score (nSPS) is 14.5. The molecule has 0 aliphatic carbocycles. The second-order valence-corrected chi connectivity index (χ2v) is 5.71. The first-order chi connectivity index (χ1) is 11.4. The number of hydrogen-bond acceptors (Lipinski definition) is 4. The Balaban J connectivity index is 2.46. The summed E-state index contributed by atoms with van der Waals surface area (Å²) in [6.45, 7) is 3.37. The third-order valence-electron chi connectivity index (χ3n) is 3.83. The van der Waals surface area contributed by atoms with Gasteiger partial charge in [-0.15, -0.1) is 0 Å². The molecule has 2 N–H and O–H groups in total. The Hall–Kier alpha value is -2.40. The number of nitrogens with two attached hydrogens (primary N) is 1. The van der Waals surface area contributed by atoms with Gasteiger partial charge in [0.15, 0.2) is 0 Å². The monoisotopic (exact) mass is 331 g/mol. The van der Waals surface area contributed by atoms with Crippen molar-refractivity contribution in [3.63, 3.8) is 0 Å². The number of benzene rings is 2. The van der Waals surface area contributed by atoms with Gasteiger partial charge in [-0.25, -0.2) is 4.39 Å². The summed E-state index contributed by atoms with van der Waals surface area (Å²) in [5.74, 6) is -0.760. The zero-order valence-electron chi connectivity index (χ0n) is 14.0. The summed E-state index contributed by atoms with van der Waals surface area (Å²) in [5, 5.41) is 0. The molecule has 0 saturated carbocycles. The fraction of sp³-hybridized carbons (Fsp3) is 0.316. The summed E-state index contributed by atoms with van der Waals surface area (Å²) >= 11 is 0. The predicted molar refractivity (Wildman–Crippen MR) is 90.4 cm³/mol. The van der Waals surface area contributed by atoms with Gasteiger partial charge in [-0.3, -0.25) is 4.79 Å². The van der Waals surface area contributed by atoms with Crippen molar-refractivity contribution < 1.29 is 18.7 Å². The number of halogens is 1. The third-order valence-corrected chi connectivity index (χ3v) is 3.83. The van der Waals surface area contributed by atoms with Gasteiger partial charge in [0, 0.05) is 17.5 Å². The van der Waals surface area contributed by atoms with E-state index in [9.17, 15) is 9.18 Å². The number of hydrogen-bond donors (Lipinski definition) is 1. The molecule has 24 heavy (non-hydrogen) atoms. The molecule has 0 spiro atoms. The van der Waals surface area contributed by atoms with E-state index in [0.29, 0.717) is 5.75 Å². The Morgan fingerprint density at radius 1 is 1.12 bits per heavy atom. The van der Waals surface area contributed by atoms with Crippen molar-refractivity contribution in [3.05, 3.63) is 65.5 Å². The molecule has 0 saturated heterocycles. The maximum absolute atomic E-state index is 13.5. The molecule has 128 valence electrons. The zero-order valence-corrected chi connectivity index (χ0v) is 14.0. The Morgan fingerprint density at radius 3 is 2.38 bits per heavy atom. The summed E-state index contributed by atoms with van der Waals surface area (Å²) in [5.41, 5.74) is 7.27. The molecule has 1 unspecified atom stereocenters. The lowest BCUT2D eigenvalue weighted by Gasteiger charge is -2.27. The number of carbonyl (C=O) groups excluding carboxylic acids is 1. The van der Waals surface area contributed by atoms with Gasteiger partial charge in [-0.1, -0.05) is 36.4 Å². The van der Waals surface area contributed by atoms with E-state index in [4.69, 9.17) is 15.2 Å². The van der Waals surface area contributed by atoms with E-state index >= 15 is 0 Å². The lowest BCUT2D eigenvalue weighted by Crippen LogP contribution is -2.33. The highest BCUT2D eigenvalue weighted by Crippen LogP contribution is 2.36. The first-order valence-electron chi connectivity index (χ1n) is 7.78. The van der Waals surface area contributed by atoms with E-state index in [1.165, 1.54) is 19.2 Å². The van der Waals surface area contributed by atoms with Gasteiger partial charge < -0.3 is 15.2 Å². The molecule has 5 heteroatoms. The number of carbonyl (C=O) groups is 1. The molecule has 4 nitrogen and oxygen atoms in total. The van der Waals surface area contributed by atoms with Crippen molar-refractivity contribution in [3.8, 4) is 5.75 Å². The standard InChI is InChI=1S/C19H22FNO3/c1-12(21)19(22)24-13(2)18(14-7-5-4-6-8-14)16-10-9-15(20)11-17(16)23-3/h4-13,18H,21H2,1-3H3/t12-,13-,18?/m0/s1. The largest absolute Gasteiger partial charge is 0.496 e. The van der Waals surface area contributed by atoms with Crippen LogP contribution in [-0.4, -0.2) is 25.2 Å². The quantitative estimate of drug-likeness (QED) is 0.826. The molecule has 0 heterocycles. The highest BCUT2D eigenvalue weighted by atomic mass is 19.1. The fourth-order valence-electron chi connectivity index (χ4n) is 2.66. The van der Waals surface area contributed by atoms with Crippen LogP contribution in [0.3, 0.4) is 0 Å². The van der Waals surface area contributed by atoms with Crippen LogP contribution < -0.4 is 10.5 Å². The topological polar surface area (TPSA) is 61.5 Å². The van der Waals surface area contributed by atoms with E-state index in [-0.39, 0.29) is 11.7 Å². The van der Waals surface area contributed by atoms with Crippen LogP contribution in [0.1, 0.15) is 30.9 Å². The third kappa shape index (κ3) is 4.11. The van der Waals surface area contributed by atoms with Gasteiger partial charge in [-0.05, 0) is 25.5 Å². The number of methoxy groups -OCH3 is 1. The molecular formula is C19H22FNO3. The van der Waals surface area contributed by atoms with Crippen LogP contribution in [0, 0.1) is 5.82 Å². The number of esters is 1. The summed E-state index contributed by atoms with van der Waals surface area (Å²) in [7, 11) is 1.49. The predicted octanol–water partition coefficient (Wildman–Crippen LogP) is 3.25. The van der Waals surface area contributed by atoms with Gasteiger partial charge in [0.25, 0.3) is 0 Å². The van der Waals surface area contributed by atoms with Crippen LogP contribution in [0.25, 0.3) is 0 Å². The Morgan fingerprint density at radius 2 is 1.79 bits per heavy atom. The van der Waals surface area contributed by atoms with Crippen LogP contribution in [0.2, 0.25) is 0 Å². The molecule has 2 rings (SSSR count). The summed E-state index contributed by atoms with van der Waals surface area (Å²) in [6, 6.07) is 13.2. The second-order valence-electron chi connectivity index (χ2n) is 5.71. The van der Waals surface area contributed by atoms with Crippen molar-refractivity contribution in [2.45, 2.75) is 31.9 Å². The van der Waals surface area contributed by atoms with E-state index < -0.39 is 18.1 Å². The lowest BCUT2D eigenvalue weighted by molar-refractivity contribution is -0.150. The average molecular weight is 331 g/mol. The van der Waals surface area contributed by atoms with E-state index in [1.807, 2.05) is 30.3 Å². The lowest BCUT2D eigenvalue weighted by atomic mass is 9.86.